The number of anilines is 1. The predicted octanol–water partition coefficient (Wildman–Crippen LogP) is 3.33. The molecule has 1 saturated carbocycles. The lowest BCUT2D eigenvalue weighted by Gasteiger charge is -2.04. The Bertz CT molecular complexity index is 739. The van der Waals surface area contributed by atoms with Gasteiger partial charge in [0.15, 0.2) is 0 Å². The first kappa shape index (κ1) is 16.6. The summed E-state index contributed by atoms with van der Waals surface area (Å²) in [7, 11) is 0. The third kappa shape index (κ3) is 4.41. The fraction of sp³-hybridized carbons (Fsp3) is 0.389. The minimum Gasteiger partial charge on any atom is -0.459 e. The van der Waals surface area contributed by atoms with Crippen molar-refractivity contribution < 1.29 is 14.3 Å². The van der Waals surface area contributed by atoms with Crippen molar-refractivity contribution in [1.82, 2.24) is 4.98 Å². The Kier molecular flexibility index (Phi) is 4.94. The molecule has 5 nitrogen and oxygen atoms in total. The van der Waals surface area contributed by atoms with E-state index >= 15 is 0 Å². The molecule has 0 radical (unpaired) electrons. The summed E-state index contributed by atoms with van der Waals surface area (Å²) in [6, 6.07) is 7.65. The fourth-order valence-electron chi connectivity index (χ4n) is 2.38. The summed E-state index contributed by atoms with van der Waals surface area (Å²) in [6.45, 7) is 4.22. The van der Waals surface area contributed by atoms with Gasteiger partial charge in [-0.05, 0) is 31.4 Å². The molecule has 0 bridgehead atoms. The number of aromatic nitrogens is 1. The Morgan fingerprint density at radius 2 is 2.04 bits per heavy atom. The molecule has 1 aliphatic carbocycles. The molecule has 1 heterocycles. The van der Waals surface area contributed by atoms with Crippen LogP contribution in [-0.4, -0.2) is 16.9 Å². The molecule has 0 aliphatic heterocycles. The van der Waals surface area contributed by atoms with E-state index in [-0.39, 0.29) is 30.8 Å². The molecule has 1 N–H and O–H groups in total. The number of ether oxygens (including phenoxy) is 1. The van der Waals surface area contributed by atoms with Crippen LogP contribution in [0.1, 0.15) is 29.6 Å². The SMILES string of the molecule is Cc1ccc(NC(=O)Cc2nc(COC(=O)[C@H]3C[C@@H]3C)cs2)cc1. The van der Waals surface area contributed by atoms with Gasteiger partial charge in [0.05, 0.1) is 18.0 Å². The zero-order valence-electron chi connectivity index (χ0n) is 13.7. The van der Waals surface area contributed by atoms with E-state index in [0.29, 0.717) is 16.6 Å². The van der Waals surface area contributed by atoms with Crippen LogP contribution in [0.2, 0.25) is 0 Å². The normalized spacial score (nSPS) is 18.9. The Morgan fingerprint density at radius 3 is 2.71 bits per heavy atom. The summed E-state index contributed by atoms with van der Waals surface area (Å²) < 4.78 is 5.25. The molecule has 0 saturated heterocycles. The van der Waals surface area contributed by atoms with E-state index in [1.54, 1.807) is 0 Å². The van der Waals surface area contributed by atoms with Crippen molar-refractivity contribution in [3.05, 3.63) is 45.9 Å². The van der Waals surface area contributed by atoms with Crippen LogP contribution in [0.3, 0.4) is 0 Å². The Balaban J connectivity index is 1.47. The number of carbonyl (C=O) groups is 2. The first-order chi connectivity index (χ1) is 11.5. The molecule has 126 valence electrons. The third-order valence-corrected chi connectivity index (χ3v) is 4.92. The second kappa shape index (κ2) is 7.13. The number of nitrogens with zero attached hydrogens (tertiary/aromatic N) is 1. The molecule has 2 atom stereocenters. The lowest BCUT2D eigenvalue weighted by Crippen LogP contribution is -2.14. The van der Waals surface area contributed by atoms with Crippen molar-refractivity contribution in [2.75, 3.05) is 5.32 Å². The summed E-state index contributed by atoms with van der Waals surface area (Å²) >= 11 is 1.40. The van der Waals surface area contributed by atoms with E-state index in [9.17, 15) is 9.59 Å². The molecule has 1 fully saturated rings. The lowest BCUT2D eigenvalue weighted by atomic mass is 10.2. The van der Waals surface area contributed by atoms with Gasteiger partial charge in [-0.1, -0.05) is 24.6 Å². The van der Waals surface area contributed by atoms with Crippen molar-refractivity contribution in [3.8, 4) is 0 Å². The fourth-order valence-corrected chi connectivity index (χ4v) is 3.16. The number of amides is 1. The average Bonchev–Trinajstić information content (AvgIpc) is 3.12. The number of hydrogen-bond donors (Lipinski definition) is 1. The Labute approximate surface area is 145 Å². The van der Waals surface area contributed by atoms with Crippen LogP contribution in [-0.2, 0) is 27.4 Å². The number of carbonyl (C=O) groups excluding carboxylic acids is 2. The van der Waals surface area contributed by atoms with Crippen molar-refractivity contribution >= 4 is 28.9 Å². The minimum absolute atomic E-state index is 0.0587. The maximum Gasteiger partial charge on any atom is 0.309 e. The highest BCUT2D eigenvalue weighted by Gasteiger charge is 2.40. The van der Waals surface area contributed by atoms with Gasteiger partial charge in [0.25, 0.3) is 0 Å². The summed E-state index contributed by atoms with van der Waals surface area (Å²) in [4.78, 5) is 28.1. The third-order valence-electron chi connectivity index (χ3n) is 4.02. The van der Waals surface area contributed by atoms with Gasteiger partial charge in [-0.25, -0.2) is 4.98 Å². The van der Waals surface area contributed by atoms with Gasteiger partial charge in [0, 0.05) is 11.1 Å². The van der Waals surface area contributed by atoms with E-state index in [0.717, 1.165) is 17.7 Å². The summed E-state index contributed by atoms with van der Waals surface area (Å²) in [5.74, 6) is 0.245. The molecule has 0 spiro atoms. The van der Waals surface area contributed by atoms with E-state index in [1.165, 1.54) is 11.3 Å². The van der Waals surface area contributed by atoms with Gasteiger partial charge in [-0.15, -0.1) is 11.3 Å². The van der Waals surface area contributed by atoms with Crippen LogP contribution >= 0.6 is 11.3 Å². The molecule has 2 aromatic rings. The van der Waals surface area contributed by atoms with E-state index in [1.807, 2.05) is 43.5 Å². The molecular formula is C18H20N2O3S. The highest BCUT2D eigenvalue weighted by atomic mass is 32.1. The maximum absolute atomic E-state index is 12.0. The smallest absolute Gasteiger partial charge is 0.309 e. The van der Waals surface area contributed by atoms with Crippen molar-refractivity contribution in [3.63, 3.8) is 0 Å². The number of rotatable bonds is 6. The molecular weight excluding hydrogens is 324 g/mol. The van der Waals surface area contributed by atoms with Gasteiger partial charge in [0.2, 0.25) is 5.91 Å². The summed E-state index contributed by atoms with van der Waals surface area (Å²) in [6.07, 6.45) is 1.13. The van der Waals surface area contributed by atoms with E-state index < -0.39 is 0 Å². The van der Waals surface area contributed by atoms with Crippen molar-refractivity contribution in [2.24, 2.45) is 11.8 Å². The molecule has 3 rings (SSSR count). The Hall–Kier alpha value is -2.21. The zero-order chi connectivity index (χ0) is 17.1. The molecule has 1 amide bonds. The van der Waals surface area contributed by atoms with Crippen LogP contribution in [0.5, 0.6) is 0 Å². The van der Waals surface area contributed by atoms with Crippen LogP contribution in [0.4, 0.5) is 5.69 Å². The summed E-state index contributed by atoms with van der Waals surface area (Å²) in [5, 5.41) is 5.39. The predicted molar refractivity (Wildman–Crippen MR) is 92.7 cm³/mol. The number of esters is 1. The number of aryl methyl sites for hydroxylation is 1. The number of benzene rings is 1. The standard InChI is InChI=1S/C18H20N2O3S/c1-11-3-5-13(6-4-11)19-16(21)8-17-20-14(10-24-17)9-23-18(22)15-7-12(15)2/h3-6,10,12,15H,7-9H2,1-2H3,(H,19,21)/t12-,15-/m0/s1. The van der Waals surface area contributed by atoms with Crippen LogP contribution in [0, 0.1) is 18.8 Å². The first-order valence-electron chi connectivity index (χ1n) is 7.97. The topological polar surface area (TPSA) is 68.3 Å². The second-order valence-corrected chi connectivity index (χ2v) is 7.19. The van der Waals surface area contributed by atoms with E-state index in [4.69, 9.17) is 4.74 Å². The molecule has 1 aromatic heterocycles. The highest BCUT2D eigenvalue weighted by Crippen LogP contribution is 2.38. The zero-order valence-corrected chi connectivity index (χ0v) is 14.6. The van der Waals surface area contributed by atoms with Gasteiger partial charge in [-0.2, -0.15) is 0 Å². The number of nitrogens with one attached hydrogen (secondary N) is 1. The van der Waals surface area contributed by atoms with Gasteiger partial charge in [0.1, 0.15) is 11.6 Å². The molecule has 1 aromatic carbocycles. The molecule has 0 unspecified atom stereocenters. The van der Waals surface area contributed by atoms with Crippen LogP contribution < -0.4 is 5.32 Å². The van der Waals surface area contributed by atoms with E-state index in [2.05, 4.69) is 10.3 Å². The minimum atomic E-state index is -0.144. The van der Waals surface area contributed by atoms with Gasteiger partial charge in [-0.3, -0.25) is 9.59 Å². The first-order valence-corrected chi connectivity index (χ1v) is 8.85. The van der Waals surface area contributed by atoms with Crippen LogP contribution in [0.25, 0.3) is 0 Å². The largest absolute Gasteiger partial charge is 0.459 e. The monoisotopic (exact) mass is 344 g/mol. The Morgan fingerprint density at radius 1 is 1.33 bits per heavy atom. The van der Waals surface area contributed by atoms with Crippen molar-refractivity contribution in [1.29, 1.82) is 0 Å². The van der Waals surface area contributed by atoms with Gasteiger partial charge >= 0.3 is 5.97 Å². The number of thiazole rings is 1. The average molecular weight is 344 g/mol. The number of hydrogen-bond acceptors (Lipinski definition) is 5. The maximum atomic E-state index is 12.0. The second-order valence-electron chi connectivity index (χ2n) is 6.25. The van der Waals surface area contributed by atoms with Crippen LogP contribution in [0.15, 0.2) is 29.6 Å². The summed E-state index contributed by atoms with van der Waals surface area (Å²) in [5.41, 5.74) is 2.61. The molecule has 1 aliphatic rings. The van der Waals surface area contributed by atoms with Gasteiger partial charge < -0.3 is 10.1 Å². The highest BCUT2D eigenvalue weighted by molar-refractivity contribution is 7.09. The molecule has 24 heavy (non-hydrogen) atoms. The molecule has 6 heteroatoms. The quantitative estimate of drug-likeness (QED) is 0.816. The van der Waals surface area contributed by atoms with Crippen molar-refractivity contribution in [2.45, 2.75) is 33.3 Å². The lowest BCUT2D eigenvalue weighted by molar-refractivity contribution is -0.147.